The molecule has 1 aliphatic rings. The predicted molar refractivity (Wildman–Crippen MR) is 71.8 cm³/mol. The van der Waals surface area contributed by atoms with E-state index in [1.807, 2.05) is 12.1 Å². The van der Waals surface area contributed by atoms with E-state index in [4.69, 9.17) is 22.1 Å². The molecule has 0 radical (unpaired) electrons. The molecule has 0 bridgehead atoms. The van der Waals surface area contributed by atoms with Crippen LogP contribution < -0.4 is 10.5 Å². The molecule has 1 aromatic carbocycles. The highest BCUT2D eigenvalue weighted by Crippen LogP contribution is 2.34. The van der Waals surface area contributed by atoms with E-state index >= 15 is 0 Å². The first-order chi connectivity index (χ1) is 8.22. The summed E-state index contributed by atoms with van der Waals surface area (Å²) in [6, 6.07) is 6.31. The molecule has 1 fully saturated rings. The van der Waals surface area contributed by atoms with Gasteiger partial charge in [0.25, 0.3) is 0 Å². The summed E-state index contributed by atoms with van der Waals surface area (Å²) < 4.78 is 5.18. The van der Waals surface area contributed by atoms with E-state index in [0.717, 1.165) is 12.2 Å². The Kier molecular flexibility index (Phi) is 4.30. The van der Waals surface area contributed by atoms with Crippen LogP contribution in [0.1, 0.15) is 43.6 Å². The molecule has 17 heavy (non-hydrogen) atoms. The number of hydrogen-bond donors (Lipinski definition) is 1. The van der Waals surface area contributed by atoms with Crippen LogP contribution in [0.5, 0.6) is 5.75 Å². The lowest BCUT2D eigenvalue weighted by molar-refractivity contribution is 0.414. The molecule has 2 unspecified atom stereocenters. The van der Waals surface area contributed by atoms with Crippen molar-refractivity contribution in [2.45, 2.75) is 44.1 Å². The topological polar surface area (TPSA) is 35.2 Å². The van der Waals surface area contributed by atoms with Crippen molar-refractivity contribution in [3.8, 4) is 5.75 Å². The highest BCUT2D eigenvalue weighted by atomic mass is 35.5. The van der Waals surface area contributed by atoms with Gasteiger partial charge in [-0.15, -0.1) is 0 Å². The number of nitrogens with two attached hydrogens (primary N) is 1. The number of rotatable bonds is 2. The number of methoxy groups -OCH3 is 1. The summed E-state index contributed by atoms with van der Waals surface area (Å²) in [5.74, 6) is 1.18. The quantitative estimate of drug-likeness (QED) is 0.816. The zero-order valence-electron chi connectivity index (χ0n) is 10.3. The van der Waals surface area contributed by atoms with Gasteiger partial charge in [0.2, 0.25) is 0 Å². The monoisotopic (exact) mass is 253 g/mol. The van der Waals surface area contributed by atoms with Crippen molar-refractivity contribution in [3.63, 3.8) is 0 Å². The normalized spacial score (nSPS) is 25.4. The van der Waals surface area contributed by atoms with Gasteiger partial charge in [-0.1, -0.05) is 36.9 Å². The first-order valence-corrected chi connectivity index (χ1v) is 6.69. The Morgan fingerprint density at radius 1 is 1.24 bits per heavy atom. The van der Waals surface area contributed by atoms with E-state index in [1.54, 1.807) is 7.11 Å². The van der Waals surface area contributed by atoms with Crippen LogP contribution in [-0.2, 0) is 0 Å². The van der Waals surface area contributed by atoms with Gasteiger partial charge in [0.15, 0.2) is 0 Å². The molecule has 2 atom stereocenters. The van der Waals surface area contributed by atoms with Crippen LogP contribution in [-0.4, -0.2) is 13.2 Å². The summed E-state index contributed by atoms with van der Waals surface area (Å²) in [6.45, 7) is 0. The highest BCUT2D eigenvalue weighted by Gasteiger charge is 2.22. The lowest BCUT2D eigenvalue weighted by Gasteiger charge is -2.22. The molecule has 2 rings (SSSR count). The van der Waals surface area contributed by atoms with Crippen LogP contribution >= 0.6 is 11.6 Å². The highest BCUT2D eigenvalue weighted by molar-refractivity contribution is 6.32. The first kappa shape index (κ1) is 12.7. The van der Waals surface area contributed by atoms with Crippen molar-refractivity contribution in [2.24, 2.45) is 5.73 Å². The zero-order chi connectivity index (χ0) is 12.3. The second-order valence-corrected chi connectivity index (χ2v) is 5.21. The molecule has 1 saturated carbocycles. The molecule has 0 spiro atoms. The Hall–Kier alpha value is -0.730. The molecule has 0 saturated heterocycles. The Morgan fingerprint density at radius 3 is 2.71 bits per heavy atom. The summed E-state index contributed by atoms with van der Waals surface area (Å²) >= 11 is 6.17. The van der Waals surface area contributed by atoms with Crippen LogP contribution in [0.4, 0.5) is 0 Å². The van der Waals surface area contributed by atoms with Crippen LogP contribution in [0, 0.1) is 0 Å². The van der Waals surface area contributed by atoms with Crippen molar-refractivity contribution in [2.75, 3.05) is 7.11 Å². The van der Waals surface area contributed by atoms with Gasteiger partial charge in [-0.25, -0.2) is 0 Å². The molecule has 0 aliphatic heterocycles. The van der Waals surface area contributed by atoms with Gasteiger partial charge in [0.1, 0.15) is 5.75 Å². The van der Waals surface area contributed by atoms with E-state index in [-0.39, 0.29) is 6.04 Å². The first-order valence-electron chi connectivity index (χ1n) is 6.31. The number of hydrogen-bond acceptors (Lipinski definition) is 2. The van der Waals surface area contributed by atoms with Crippen LogP contribution in [0.2, 0.25) is 5.02 Å². The predicted octanol–water partition coefficient (Wildman–Crippen LogP) is 3.72. The number of halogens is 1. The van der Waals surface area contributed by atoms with Crippen LogP contribution in [0.25, 0.3) is 0 Å². The molecule has 0 aromatic heterocycles. The largest absolute Gasteiger partial charge is 0.495 e. The molecule has 0 heterocycles. The van der Waals surface area contributed by atoms with E-state index in [2.05, 4.69) is 6.07 Å². The summed E-state index contributed by atoms with van der Waals surface area (Å²) in [5, 5.41) is 0.682. The molecule has 0 amide bonds. The van der Waals surface area contributed by atoms with Gasteiger partial charge < -0.3 is 10.5 Å². The van der Waals surface area contributed by atoms with E-state index in [0.29, 0.717) is 10.9 Å². The van der Waals surface area contributed by atoms with Crippen molar-refractivity contribution in [3.05, 3.63) is 28.8 Å². The molecular formula is C14H20ClNO. The fourth-order valence-electron chi connectivity index (χ4n) is 2.66. The SMILES string of the molecule is COc1ccc(C2CCCCCC2N)cc1Cl. The van der Waals surface area contributed by atoms with Crippen molar-refractivity contribution >= 4 is 11.6 Å². The minimum Gasteiger partial charge on any atom is -0.495 e. The molecule has 1 aliphatic carbocycles. The van der Waals surface area contributed by atoms with Crippen molar-refractivity contribution in [1.82, 2.24) is 0 Å². The fraction of sp³-hybridized carbons (Fsp3) is 0.571. The molecule has 94 valence electrons. The number of ether oxygens (including phenoxy) is 1. The average Bonchev–Trinajstić information content (AvgIpc) is 2.54. The Labute approximate surface area is 108 Å². The van der Waals surface area contributed by atoms with Gasteiger partial charge in [0.05, 0.1) is 12.1 Å². The van der Waals surface area contributed by atoms with Crippen LogP contribution in [0.3, 0.4) is 0 Å². The minimum absolute atomic E-state index is 0.266. The van der Waals surface area contributed by atoms with E-state index in [1.165, 1.54) is 31.2 Å². The molecule has 1 aromatic rings. The smallest absolute Gasteiger partial charge is 0.137 e. The van der Waals surface area contributed by atoms with Gasteiger partial charge in [-0.3, -0.25) is 0 Å². The van der Waals surface area contributed by atoms with Crippen molar-refractivity contribution in [1.29, 1.82) is 0 Å². The summed E-state index contributed by atoms with van der Waals surface area (Å²) in [5.41, 5.74) is 7.51. The Balaban J connectivity index is 2.22. The summed E-state index contributed by atoms with van der Waals surface area (Å²) in [6.07, 6.45) is 6.11. The zero-order valence-corrected chi connectivity index (χ0v) is 11.0. The van der Waals surface area contributed by atoms with Gasteiger partial charge >= 0.3 is 0 Å². The van der Waals surface area contributed by atoms with Gasteiger partial charge in [-0.05, 0) is 36.5 Å². The van der Waals surface area contributed by atoms with E-state index < -0.39 is 0 Å². The molecule has 3 heteroatoms. The minimum atomic E-state index is 0.266. The van der Waals surface area contributed by atoms with Crippen molar-refractivity contribution < 1.29 is 4.74 Å². The lowest BCUT2D eigenvalue weighted by atomic mass is 9.88. The Bertz CT molecular complexity index is 380. The van der Waals surface area contributed by atoms with Crippen LogP contribution in [0.15, 0.2) is 18.2 Å². The summed E-state index contributed by atoms with van der Waals surface area (Å²) in [4.78, 5) is 0. The summed E-state index contributed by atoms with van der Waals surface area (Å²) in [7, 11) is 1.64. The third-order valence-corrected chi connectivity index (χ3v) is 3.97. The maximum absolute atomic E-state index is 6.26. The maximum atomic E-state index is 6.26. The van der Waals surface area contributed by atoms with Gasteiger partial charge in [0, 0.05) is 6.04 Å². The maximum Gasteiger partial charge on any atom is 0.137 e. The lowest BCUT2D eigenvalue weighted by Crippen LogP contribution is -2.27. The van der Waals surface area contributed by atoms with E-state index in [9.17, 15) is 0 Å². The van der Waals surface area contributed by atoms with Gasteiger partial charge in [-0.2, -0.15) is 0 Å². The second kappa shape index (κ2) is 5.74. The fourth-order valence-corrected chi connectivity index (χ4v) is 2.93. The Morgan fingerprint density at radius 2 is 2.00 bits per heavy atom. The third-order valence-electron chi connectivity index (χ3n) is 3.67. The second-order valence-electron chi connectivity index (χ2n) is 4.80. The average molecular weight is 254 g/mol. The standard InChI is InChI=1S/C14H20ClNO/c1-17-14-8-7-10(9-12(14)15)11-5-3-2-4-6-13(11)16/h7-9,11,13H,2-6,16H2,1H3. The number of benzene rings is 1. The molecule has 2 N–H and O–H groups in total. The molecule has 2 nitrogen and oxygen atoms in total. The molecular weight excluding hydrogens is 234 g/mol. The third kappa shape index (κ3) is 2.93.